The van der Waals surface area contributed by atoms with Crippen LogP contribution in [-0.2, 0) is 31.0 Å². The molecule has 0 N–H and O–H groups in total. The van der Waals surface area contributed by atoms with Gasteiger partial charge in [-0.2, -0.15) is 5.10 Å². The zero-order chi connectivity index (χ0) is 31.7. The number of hydrogen-bond acceptors (Lipinski definition) is 7. The van der Waals surface area contributed by atoms with Gasteiger partial charge in [0.05, 0.1) is 12.8 Å². The smallest absolute Gasteiger partial charge is 0.354 e. The maximum Gasteiger partial charge on any atom is 0.354 e. The molecule has 0 bridgehead atoms. The van der Waals surface area contributed by atoms with Crippen LogP contribution in [0.5, 0.6) is 0 Å². The van der Waals surface area contributed by atoms with Gasteiger partial charge in [0.15, 0.2) is 13.4 Å². The van der Waals surface area contributed by atoms with Crippen molar-refractivity contribution in [2.24, 2.45) is 0 Å². The molecule has 3 aromatic rings. The Balaban J connectivity index is 1.85. The van der Waals surface area contributed by atoms with Gasteiger partial charge in [0.1, 0.15) is 11.9 Å². The second kappa shape index (κ2) is 13.5. The number of halogens is 1. The van der Waals surface area contributed by atoms with Gasteiger partial charge in [-0.1, -0.05) is 44.1 Å². The molecule has 11 heteroatoms. The first-order valence-electron chi connectivity index (χ1n) is 15.1. The minimum absolute atomic E-state index is 0.0200. The van der Waals surface area contributed by atoms with Gasteiger partial charge < -0.3 is 18.5 Å². The summed E-state index contributed by atoms with van der Waals surface area (Å²) in [5.41, 5.74) is 5.61. The highest BCUT2D eigenvalue weighted by molar-refractivity contribution is 8.12. The van der Waals surface area contributed by atoms with E-state index < -0.39 is 14.3 Å². The summed E-state index contributed by atoms with van der Waals surface area (Å²) in [7, 11) is -0.489. The Bertz CT molecular complexity index is 1500. The molecule has 0 spiro atoms. The van der Waals surface area contributed by atoms with Crippen LogP contribution in [0.4, 0.5) is 0 Å². The van der Waals surface area contributed by atoms with E-state index in [4.69, 9.17) is 30.6 Å². The zero-order valence-electron chi connectivity index (χ0n) is 27.1. The molecular formula is C32H46ClN3O5SSi. The maximum atomic E-state index is 13.2. The number of carbonyl (C=O) groups excluding carboxylic acids is 2. The number of nitrogens with zero attached hydrogens (tertiary/aromatic N) is 3. The van der Waals surface area contributed by atoms with Gasteiger partial charge in [-0.15, -0.1) is 0 Å². The minimum atomic E-state index is -1.90. The lowest BCUT2D eigenvalue weighted by molar-refractivity contribution is -0.109. The van der Waals surface area contributed by atoms with Crippen molar-refractivity contribution in [2.75, 3.05) is 20.3 Å². The third kappa shape index (κ3) is 6.93. The second-order valence-corrected chi connectivity index (χ2v) is 19.2. The third-order valence-electron chi connectivity index (χ3n) is 8.91. The van der Waals surface area contributed by atoms with Crippen LogP contribution in [0.15, 0.2) is 12.1 Å². The van der Waals surface area contributed by atoms with Gasteiger partial charge in [-0.05, 0) is 75.4 Å². The van der Waals surface area contributed by atoms with Gasteiger partial charge in [0.25, 0.3) is 0 Å². The number of aromatic nitrogens is 3. The topological polar surface area (TPSA) is 84.6 Å². The Morgan fingerprint density at radius 1 is 1.19 bits per heavy atom. The van der Waals surface area contributed by atoms with E-state index >= 15 is 0 Å². The highest BCUT2D eigenvalue weighted by Crippen LogP contribution is 2.44. The molecule has 4 rings (SSSR count). The molecule has 2 aromatic heterocycles. The van der Waals surface area contributed by atoms with E-state index in [1.54, 1.807) is 6.92 Å². The predicted molar refractivity (Wildman–Crippen MR) is 178 cm³/mol. The molecular weight excluding hydrogens is 602 g/mol. The molecule has 1 atom stereocenters. The fraction of sp³-hybridized carbons (Fsp3) is 0.594. The number of esters is 1. The van der Waals surface area contributed by atoms with Gasteiger partial charge in [-0.25, -0.2) is 9.48 Å². The number of ether oxygens (including phenoxy) is 2. The van der Waals surface area contributed by atoms with Crippen molar-refractivity contribution >= 4 is 53.7 Å². The lowest BCUT2D eigenvalue weighted by Crippen LogP contribution is -2.41. The van der Waals surface area contributed by atoms with Gasteiger partial charge in [0.2, 0.25) is 0 Å². The molecule has 8 nitrogen and oxygen atoms in total. The molecule has 43 heavy (non-hydrogen) atoms. The van der Waals surface area contributed by atoms with Crippen molar-refractivity contribution in [3.8, 4) is 11.1 Å². The Hall–Kier alpha value is -2.11. The van der Waals surface area contributed by atoms with Crippen LogP contribution in [0.3, 0.4) is 0 Å². The van der Waals surface area contributed by atoms with Crippen LogP contribution in [0, 0.1) is 13.8 Å². The number of aryl methyl sites for hydroxylation is 2. The number of thioether (sulfide) groups is 1. The Morgan fingerprint density at radius 2 is 1.91 bits per heavy atom. The van der Waals surface area contributed by atoms with Crippen molar-refractivity contribution in [1.29, 1.82) is 0 Å². The summed E-state index contributed by atoms with van der Waals surface area (Å²) in [4.78, 5) is 25.2. The van der Waals surface area contributed by atoms with E-state index in [-0.39, 0.29) is 16.4 Å². The number of rotatable bonds is 10. The summed E-state index contributed by atoms with van der Waals surface area (Å²) < 4.78 is 21.8. The summed E-state index contributed by atoms with van der Waals surface area (Å²) in [6.07, 6.45) is 3.55. The van der Waals surface area contributed by atoms with E-state index in [1.807, 2.05) is 35.2 Å². The van der Waals surface area contributed by atoms with Crippen molar-refractivity contribution in [2.45, 2.75) is 104 Å². The standard InChI is InChI=1S/C32H46ClN3O5SSi/c1-20-27-25(35(30(20)31(38)39-7)16-12-18-41-43(8,9)32(4,5)6)15-14-23(33)29(27)28-21(2)36(26-13-10-11-17-40-26)34-24(28)19-42-22(3)37/h14-15,26H,10-13,16-19H2,1-9H3. The van der Waals surface area contributed by atoms with Crippen LogP contribution in [-0.4, -0.2) is 54.1 Å². The summed E-state index contributed by atoms with van der Waals surface area (Å²) in [5, 5.41) is 6.58. The Kier molecular flexibility index (Phi) is 10.6. The predicted octanol–water partition coefficient (Wildman–Crippen LogP) is 8.45. The van der Waals surface area contributed by atoms with Crippen LogP contribution in [0.1, 0.15) is 87.0 Å². The SMILES string of the molecule is COC(=O)c1c(C)c2c(-c3c(CSC(C)=O)nn(C4CCCCO4)c3C)c(Cl)ccc2n1CCCO[Si](C)(C)C(C)(C)C. The molecule has 0 aliphatic carbocycles. The van der Waals surface area contributed by atoms with E-state index in [9.17, 15) is 9.59 Å². The molecule has 1 aliphatic heterocycles. The van der Waals surface area contributed by atoms with Gasteiger partial charge in [0, 0.05) is 65.2 Å². The fourth-order valence-corrected chi connectivity index (χ4v) is 7.47. The molecule has 1 aromatic carbocycles. The summed E-state index contributed by atoms with van der Waals surface area (Å²) in [6.45, 7) is 18.6. The molecule has 3 heterocycles. The maximum absolute atomic E-state index is 13.2. The Morgan fingerprint density at radius 3 is 2.51 bits per heavy atom. The average Bonchev–Trinajstić information content (AvgIpc) is 3.42. The van der Waals surface area contributed by atoms with Crippen molar-refractivity contribution in [1.82, 2.24) is 14.3 Å². The molecule has 0 amide bonds. The first-order chi connectivity index (χ1) is 20.2. The number of carbonyl (C=O) groups is 2. The van der Waals surface area contributed by atoms with E-state index in [1.165, 1.54) is 18.9 Å². The highest BCUT2D eigenvalue weighted by atomic mass is 35.5. The number of fused-ring (bicyclic) bond motifs is 1. The van der Waals surface area contributed by atoms with Crippen LogP contribution in [0.2, 0.25) is 23.2 Å². The van der Waals surface area contributed by atoms with E-state index in [0.717, 1.165) is 64.7 Å². The largest absolute Gasteiger partial charge is 0.464 e. The summed E-state index contributed by atoms with van der Waals surface area (Å²) >= 11 is 8.25. The Labute approximate surface area is 265 Å². The van der Waals surface area contributed by atoms with Crippen LogP contribution in [0.25, 0.3) is 22.0 Å². The highest BCUT2D eigenvalue weighted by Gasteiger charge is 2.37. The van der Waals surface area contributed by atoms with Crippen LogP contribution < -0.4 is 0 Å². The number of benzene rings is 1. The van der Waals surface area contributed by atoms with Gasteiger partial charge in [-0.3, -0.25) is 4.79 Å². The van der Waals surface area contributed by atoms with Crippen LogP contribution >= 0.6 is 23.4 Å². The molecule has 0 radical (unpaired) electrons. The zero-order valence-corrected chi connectivity index (χ0v) is 29.6. The lowest BCUT2D eigenvalue weighted by atomic mass is 9.97. The van der Waals surface area contributed by atoms with E-state index in [2.05, 4.69) is 33.9 Å². The summed E-state index contributed by atoms with van der Waals surface area (Å²) in [6, 6.07) is 3.86. The van der Waals surface area contributed by atoms with E-state index in [0.29, 0.717) is 36.2 Å². The van der Waals surface area contributed by atoms with Crippen molar-refractivity contribution in [3.05, 3.63) is 39.8 Å². The first kappa shape index (κ1) is 33.8. The third-order valence-corrected chi connectivity index (χ3v) is 14.6. The molecule has 236 valence electrons. The number of hydrogen-bond donors (Lipinski definition) is 0. The molecule has 1 fully saturated rings. The van der Waals surface area contributed by atoms with Gasteiger partial charge >= 0.3 is 5.97 Å². The molecule has 1 aliphatic rings. The van der Waals surface area contributed by atoms with Crippen molar-refractivity contribution < 1.29 is 23.5 Å². The normalized spacial score (nSPS) is 16.2. The van der Waals surface area contributed by atoms with Crippen molar-refractivity contribution in [3.63, 3.8) is 0 Å². The number of methoxy groups -OCH3 is 1. The quantitative estimate of drug-likeness (QED) is 0.124. The summed E-state index contributed by atoms with van der Waals surface area (Å²) in [5.74, 6) is 0.0169. The fourth-order valence-electron chi connectivity index (χ4n) is 5.59. The second-order valence-electron chi connectivity index (χ2n) is 12.8. The minimum Gasteiger partial charge on any atom is -0.464 e. The molecule has 1 unspecified atom stereocenters. The average molecular weight is 648 g/mol. The lowest BCUT2D eigenvalue weighted by Gasteiger charge is -2.36. The first-order valence-corrected chi connectivity index (χ1v) is 19.3. The molecule has 1 saturated heterocycles. The molecule has 0 saturated carbocycles. The monoisotopic (exact) mass is 647 g/mol.